The van der Waals surface area contributed by atoms with Crippen LogP contribution in [0.5, 0.6) is 5.75 Å². The number of pyridine rings is 1. The van der Waals surface area contributed by atoms with Gasteiger partial charge in [-0.1, -0.05) is 22.0 Å². The Morgan fingerprint density at radius 2 is 2.05 bits per heavy atom. The van der Waals surface area contributed by atoms with Crippen molar-refractivity contribution in [2.24, 2.45) is 0 Å². The molecule has 2 aromatic rings. The normalized spacial score (nSPS) is 10.2. The molecule has 1 amide bonds. The average molecular weight is 349 g/mol. The third kappa shape index (κ3) is 5.19. The predicted octanol–water partition coefficient (Wildman–Crippen LogP) is 3.95. The minimum absolute atomic E-state index is 0.0452. The fourth-order valence-electron chi connectivity index (χ4n) is 1.76. The lowest BCUT2D eigenvalue weighted by Gasteiger charge is -2.08. The standard InChI is InChI=1S/C16H17BrN2O2/c1-12-4-2-10-18-16(12)19-15(20)5-3-11-21-14-8-6-13(17)7-9-14/h2,4,6-10H,3,5,11H2,1H3,(H,18,19,20). The van der Waals surface area contributed by atoms with Crippen LogP contribution in [0.2, 0.25) is 0 Å². The SMILES string of the molecule is Cc1cccnc1NC(=O)CCCOc1ccc(Br)cc1. The number of amides is 1. The lowest BCUT2D eigenvalue weighted by molar-refractivity contribution is -0.116. The first-order chi connectivity index (χ1) is 10.1. The fraction of sp³-hybridized carbons (Fsp3) is 0.250. The Bertz CT molecular complexity index is 599. The molecule has 5 heteroatoms. The van der Waals surface area contributed by atoms with Gasteiger partial charge in [-0.05, 0) is 49.2 Å². The number of ether oxygens (including phenoxy) is 1. The summed E-state index contributed by atoms with van der Waals surface area (Å²) >= 11 is 3.37. The number of hydrogen-bond donors (Lipinski definition) is 1. The van der Waals surface area contributed by atoms with Crippen LogP contribution in [0.4, 0.5) is 5.82 Å². The van der Waals surface area contributed by atoms with Gasteiger partial charge in [0.25, 0.3) is 0 Å². The van der Waals surface area contributed by atoms with Crippen LogP contribution in [0.15, 0.2) is 47.1 Å². The topological polar surface area (TPSA) is 51.2 Å². The van der Waals surface area contributed by atoms with Gasteiger partial charge in [0.2, 0.25) is 5.91 Å². The number of nitrogens with one attached hydrogen (secondary N) is 1. The van der Waals surface area contributed by atoms with E-state index < -0.39 is 0 Å². The number of anilines is 1. The third-order valence-electron chi connectivity index (χ3n) is 2.90. The molecule has 2 rings (SSSR count). The smallest absolute Gasteiger partial charge is 0.225 e. The van der Waals surface area contributed by atoms with Crippen LogP contribution in [0.3, 0.4) is 0 Å². The number of nitrogens with zero attached hydrogens (tertiary/aromatic N) is 1. The Kier molecular flexibility index (Phi) is 5.75. The molecule has 0 fully saturated rings. The monoisotopic (exact) mass is 348 g/mol. The van der Waals surface area contributed by atoms with Crippen LogP contribution >= 0.6 is 15.9 Å². The third-order valence-corrected chi connectivity index (χ3v) is 3.43. The molecule has 0 saturated heterocycles. The number of aromatic nitrogens is 1. The van der Waals surface area contributed by atoms with Crippen molar-refractivity contribution >= 4 is 27.7 Å². The second-order valence-corrected chi connectivity index (χ2v) is 5.54. The number of hydrogen-bond acceptors (Lipinski definition) is 3. The van der Waals surface area contributed by atoms with Gasteiger partial charge >= 0.3 is 0 Å². The minimum atomic E-state index is -0.0452. The minimum Gasteiger partial charge on any atom is -0.494 e. The molecule has 4 nitrogen and oxygen atoms in total. The van der Waals surface area contributed by atoms with Gasteiger partial charge in [0.15, 0.2) is 0 Å². The van der Waals surface area contributed by atoms with Crippen molar-refractivity contribution in [3.05, 3.63) is 52.6 Å². The van der Waals surface area contributed by atoms with E-state index in [4.69, 9.17) is 4.74 Å². The van der Waals surface area contributed by atoms with E-state index in [2.05, 4.69) is 26.2 Å². The molecule has 0 bridgehead atoms. The molecule has 0 aliphatic heterocycles. The highest BCUT2D eigenvalue weighted by Gasteiger charge is 2.05. The maximum atomic E-state index is 11.8. The van der Waals surface area contributed by atoms with Crippen molar-refractivity contribution in [3.63, 3.8) is 0 Å². The van der Waals surface area contributed by atoms with Crippen LogP contribution < -0.4 is 10.1 Å². The molecule has 0 spiro atoms. The molecule has 21 heavy (non-hydrogen) atoms. The molecule has 1 N–H and O–H groups in total. The van der Waals surface area contributed by atoms with Gasteiger partial charge in [-0.15, -0.1) is 0 Å². The van der Waals surface area contributed by atoms with Gasteiger partial charge in [0, 0.05) is 17.1 Å². The summed E-state index contributed by atoms with van der Waals surface area (Å²) in [5.41, 5.74) is 0.956. The molecule has 1 aromatic carbocycles. The first-order valence-electron chi connectivity index (χ1n) is 6.75. The van der Waals surface area contributed by atoms with Gasteiger partial charge in [0.1, 0.15) is 11.6 Å². The fourth-order valence-corrected chi connectivity index (χ4v) is 2.03. The highest BCUT2D eigenvalue weighted by Crippen LogP contribution is 2.16. The van der Waals surface area contributed by atoms with Crippen molar-refractivity contribution < 1.29 is 9.53 Å². The summed E-state index contributed by atoms with van der Waals surface area (Å²) in [6, 6.07) is 11.4. The molecule has 0 aliphatic rings. The van der Waals surface area contributed by atoms with Crippen LogP contribution in [0, 0.1) is 6.92 Å². The van der Waals surface area contributed by atoms with E-state index in [1.54, 1.807) is 6.20 Å². The molecule has 1 aromatic heterocycles. The maximum Gasteiger partial charge on any atom is 0.225 e. The van der Waals surface area contributed by atoms with E-state index in [1.807, 2.05) is 43.3 Å². The Balaban J connectivity index is 1.70. The quantitative estimate of drug-likeness (QED) is 0.804. The zero-order valence-electron chi connectivity index (χ0n) is 11.8. The number of aryl methyl sites for hydroxylation is 1. The molecule has 0 unspecified atom stereocenters. The first kappa shape index (κ1) is 15.5. The number of rotatable bonds is 6. The Morgan fingerprint density at radius 1 is 1.29 bits per heavy atom. The molecule has 0 aliphatic carbocycles. The van der Waals surface area contributed by atoms with Crippen molar-refractivity contribution in [2.75, 3.05) is 11.9 Å². The molecule has 0 radical (unpaired) electrons. The van der Waals surface area contributed by atoms with E-state index in [0.717, 1.165) is 15.8 Å². The van der Waals surface area contributed by atoms with E-state index in [-0.39, 0.29) is 5.91 Å². The molecular formula is C16H17BrN2O2. The van der Waals surface area contributed by atoms with Gasteiger partial charge in [-0.3, -0.25) is 4.79 Å². The highest BCUT2D eigenvalue weighted by atomic mass is 79.9. The summed E-state index contributed by atoms with van der Waals surface area (Å²) in [5, 5.41) is 2.80. The predicted molar refractivity (Wildman–Crippen MR) is 86.5 cm³/mol. The summed E-state index contributed by atoms with van der Waals surface area (Å²) in [6.45, 7) is 2.43. The zero-order valence-corrected chi connectivity index (χ0v) is 13.4. The van der Waals surface area contributed by atoms with Crippen LogP contribution in [0.25, 0.3) is 0 Å². The molecule has 0 atom stereocenters. The van der Waals surface area contributed by atoms with Crippen molar-refractivity contribution in [3.8, 4) is 5.75 Å². The van der Waals surface area contributed by atoms with E-state index in [1.165, 1.54) is 0 Å². The van der Waals surface area contributed by atoms with Crippen LogP contribution in [0.1, 0.15) is 18.4 Å². The summed E-state index contributed by atoms with van der Waals surface area (Å²) < 4.78 is 6.58. The second kappa shape index (κ2) is 7.78. The van der Waals surface area contributed by atoms with E-state index in [0.29, 0.717) is 25.3 Å². The number of carbonyl (C=O) groups is 1. The van der Waals surface area contributed by atoms with E-state index >= 15 is 0 Å². The van der Waals surface area contributed by atoms with Gasteiger partial charge in [-0.2, -0.15) is 0 Å². The number of benzene rings is 1. The van der Waals surface area contributed by atoms with Crippen LogP contribution in [-0.2, 0) is 4.79 Å². The van der Waals surface area contributed by atoms with Gasteiger partial charge in [0.05, 0.1) is 6.61 Å². The highest BCUT2D eigenvalue weighted by molar-refractivity contribution is 9.10. The Labute approximate surface area is 132 Å². The van der Waals surface area contributed by atoms with Gasteiger partial charge < -0.3 is 10.1 Å². The number of carbonyl (C=O) groups excluding carboxylic acids is 1. The summed E-state index contributed by atoms with van der Waals surface area (Å²) in [7, 11) is 0. The summed E-state index contributed by atoms with van der Waals surface area (Å²) in [6.07, 6.45) is 2.74. The number of halogens is 1. The van der Waals surface area contributed by atoms with Crippen molar-refractivity contribution in [1.82, 2.24) is 4.98 Å². The van der Waals surface area contributed by atoms with E-state index in [9.17, 15) is 4.79 Å². The lowest BCUT2D eigenvalue weighted by Crippen LogP contribution is -2.14. The average Bonchev–Trinajstić information content (AvgIpc) is 2.48. The molecular weight excluding hydrogens is 332 g/mol. The summed E-state index contributed by atoms with van der Waals surface area (Å²) in [4.78, 5) is 15.9. The van der Waals surface area contributed by atoms with Crippen molar-refractivity contribution in [2.45, 2.75) is 19.8 Å². The van der Waals surface area contributed by atoms with Crippen molar-refractivity contribution in [1.29, 1.82) is 0 Å². The molecule has 0 saturated carbocycles. The second-order valence-electron chi connectivity index (χ2n) is 4.62. The Hall–Kier alpha value is -1.88. The largest absolute Gasteiger partial charge is 0.494 e. The first-order valence-corrected chi connectivity index (χ1v) is 7.54. The van der Waals surface area contributed by atoms with Gasteiger partial charge in [-0.25, -0.2) is 4.98 Å². The molecule has 1 heterocycles. The maximum absolute atomic E-state index is 11.8. The zero-order chi connectivity index (χ0) is 15.1. The summed E-state index contributed by atoms with van der Waals surface area (Å²) in [5.74, 6) is 1.38. The van der Waals surface area contributed by atoms with Crippen LogP contribution in [-0.4, -0.2) is 17.5 Å². The molecule has 110 valence electrons. The Morgan fingerprint density at radius 3 is 2.76 bits per heavy atom. The lowest BCUT2D eigenvalue weighted by atomic mass is 10.2.